The summed E-state index contributed by atoms with van der Waals surface area (Å²) < 4.78 is 0. The van der Waals surface area contributed by atoms with Crippen LogP contribution in [0, 0.1) is 38.0 Å². The summed E-state index contributed by atoms with van der Waals surface area (Å²) in [6.45, 7) is 1.94. The van der Waals surface area contributed by atoms with Crippen LogP contribution < -0.4 is 5.32 Å². The van der Waals surface area contributed by atoms with E-state index in [9.17, 15) is 25.0 Å². The second-order valence-electron chi connectivity index (χ2n) is 6.85. The third-order valence-corrected chi connectivity index (χ3v) is 5.38. The minimum atomic E-state index is -0.733. The molecule has 2 aliphatic rings. The van der Waals surface area contributed by atoms with Crippen LogP contribution in [-0.2, 0) is 0 Å². The molecule has 2 fully saturated rings. The van der Waals surface area contributed by atoms with Crippen molar-refractivity contribution in [1.29, 1.82) is 0 Å². The van der Waals surface area contributed by atoms with Crippen LogP contribution in [0.5, 0.6) is 0 Å². The van der Waals surface area contributed by atoms with E-state index in [4.69, 9.17) is 0 Å². The summed E-state index contributed by atoms with van der Waals surface area (Å²) in [4.78, 5) is 32.8. The molecule has 24 heavy (non-hydrogen) atoms. The lowest BCUT2D eigenvalue weighted by Gasteiger charge is -2.28. The number of hydrogen-bond donors (Lipinski definition) is 1. The van der Waals surface area contributed by atoms with Crippen LogP contribution in [0.2, 0.25) is 0 Å². The van der Waals surface area contributed by atoms with E-state index in [-0.39, 0.29) is 11.6 Å². The molecule has 8 heteroatoms. The number of benzene rings is 1. The first-order valence-electron chi connectivity index (χ1n) is 8.10. The largest absolute Gasteiger partial charge is 0.349 e. The minimum Gasteiger partial charge on any atom is -0.349 e. The van der Waals surface area contributed by atoms with Crippen molar-refractivity contribution in [2.75, 3.05) is 0 Å². The predicted octanol–water partition coefficient (Wildman–Crippen LogP) is 3.06. The molecule has 1 aromatic carbocycles. The normalized spacial score (nSPS) is 26.1. The zero-order chi connectivity index (χ0) is 17.4. The fourth-order valence-electron chi connectivity index (χ4n) is 4.24. The van der Waals surface area contributed by atoms with Crippen LogP contribution in [0.3, 0.4) is 0 Å². The first kappa shape index (κ1) is 16.4. The lowest BCUT2D eigenvalue weighted by Crippen LogP contribution is -2.40. The van der Waals surface area contributed by atoms with E-state index in [2.05, 4.69) is 5.32 Å². The third kappa shape index (κ3) is 3.08. The van der Waals surface area contributed by atoms with Crippen LogP contribution in [0.25, 0.3) is 0 Å². The van der Waals surface area contributed by atoms with Crippen LogP contribution in [0.1, 0.15) is 43.0 Å². The molecule has 1 aromatic rings. The molecule has 0 heterocycles. The average molecular weight is 333 g/mol. The standard InChI is InChI=1S/C16H19N3O5/c1-9(15-5-10-2-3-11(15)4-10)17-16(20)12-6-13(18(21)22)8-14(7-12)19(23)24/h6-11,15H,2-5H2,1H3,(H,17,20)/t9-,10-,11-,15-/m1/s1. The second-order valence-corrected chi connectivity index (χ2v) is 6.85. The predicted molar refractivity (Wildman–Crippen MR) is 85.6 cm³/mol. The van der Waals surface area contributed by atoms with Gasteiger partial charge in [0.05, 0.1) is 21.5 Å². The summed E-state index contributed by atoms with van der Waals surface area (Å²) in [5.41, 5.74) is -0.963. The zero-order valence-corrected chi connectivity index (χ0v) is 13.3. The molecule has 1 N–H and O–H groups in total. The van der Waals surface area contributed by atoms with Crippen molar-refractivity contribution < 1.29 is 14.6 Å². The average Bonchev–Trinajstić information content (AvgIpc) is 3.17. The Morgan fingerprint density at radius 1 is 1.12 bits per heavy atom. The van der Waals surface area contributed by atoms with Crippen molar-refractivity contribution in [3.05, 3.63) is 44.0 Å². The molecule has 2 bridgehead atoms. The Morgan fingerprint density at radius 2 is 1.75 bits per heavy atom. The van der Waals surface area contributed by atoms with Crippen molar-refractivity contribution in [2.24, 2.45) is 17.8 Å². The van der Waals surface area contributed by atoms with Gasteiger partial charge in [-0.2, -0.15) is 0 Å². The number of nitro benzene ring substituents is 2. The van der Waals surface area contributed by atoms with Gasteiger partial charge in [0.2, 0.25) is 0 Å². The highest BCUT2D eigenvalue weighted by molar-refractivity contribution is 5.95. The van der Waals surface area contributed by atoms with E-state index in [0.717, 1.165) is 30.5 Å². The zero-order valence-electron chi connectivity index (χ0n) is 13.3. The van der Waals surface area contributed by atoms with Gasteiger partial charge in [0.25, 0.3) is 17.3 Å². The fraction of sp³-hybridized carbons (Fsp3) is 0.562. The molecule has 0 spiro atoms. The summed E-state index contributed by atoms with van der Waals surface area (Å²) in [5, 5.41) is 24.7. The Hall–Kier alpha value is -2.51. The lowest BCUT2D eigenvalue weighted by atomic mass is 9.84. The summed E-state index contributed by atoms with van der Waals surface area (Å²) in [5.74, 6) is 1.29. The van der Waals surface area contributed by atoms with Gasteiger partial charge >= 0.3 is 0 Å². The molecular formula is C16H19N3O5. The van der Waals surface area contributed by atoms with Gasteiger partial charge in [0.15, 0.2) is 0 Å². The third-order valence-electron chi connectivity index (χ3n) is 5.38. The van der Waals surface area contributed by atoms with Gasteiger partial charge < -0.3 is 5.32 Å². The topological polar surface area (TPSA) is 115 Å². The summed E-state index contributed by atoms with van der Waals surface area (Å²) in [7, 11) is 0. The first-order valence-corrected chi connectivity index (χ1v) is 8.10. The number of carbonyl (C=O) groups is 1. The van der Waals surface area contributed by atoms with Crippen LogP contribution in [0.15, 0.2) is 18.2 Å². The van der Waals surface area contributed by atoms with Gasteiger partial charge in [-0.05, 0) is 43.9 Å². The van der Waals surface area contributed by atoms with Crippen molar-refractivity contribution >= 4 is 17.3 Å². The summed E-state index contributed by atoms with van der Waals surface area (Å²) in [6.07, 6.45) is 4.77. The number of nitrogens with one attached hydrogen (secondary N) is 1. The maximum Gasteiger partial charge on any atom is 0.277 e. The number of fused-ring (bicyclic) bond motifs is 2. The van der Waals surface area contributed by atoms with E-state index in [0.29, 0.717) is 11.8 Å². The van der Waals surface area contributed by atoms with Gasteiger partial charge in [-0.1, -0.05) is 6.42 Å². The molecule has 128 valence electrons. The van der Waals surface area contributed by atoms with E-state index < -0.39 is 27.1 Å². The number of rotatable bonds is 5. The lowest BCUT2D eigenvalue weighted by molar-refractivity contribution is -0.394. The van der Waals surface area contributed by atoms with E-state index in [1.54, 1.807) is 0 Å². The Bertz CT molecular complexity index is 673. The molecule has 3 rings (SSSR count). The molecule has 4 atom stereocenters. The van der Waals surface area contributed by atoms with Crippen LogP contribution in [0.4, 0.5) is 11.4 Å². The molecule has 0 saturated heterocycles. The molecule has 0 unspecified atom stereocenters. The molecule has 2 saturated carbocycles. The molecule has 0 radical (unpaired) electrons. The van der Waals surface area contributed by atoms with Crippen molar-refractivity contribution in [3.63, 3.8) is 0 Å². The van der Waals surface area contributed by atoms with Gasteiger partial charge in [0, 0.05) is 18.2 Å². The maximum atomic E-state index is 12.4. The highest BCUT2D eigenvalue weighted by Gasteiger charge is 2.42. The Labute approximate surface area is 138 Å². The molecular weight excluding hydrogens is 314 g/mol. The Balaban J connectivity index is 1.76. The highest BCUT2D eigenvalue weighted by Crippen LogP contribution is 2.49. The van der Waals surface area contributed by atoms with E-state index >= 15 is 0 Å². The number of amides is 1. The van der Waals surface area contributed by atoms with Crippen molar-refractivity contribution in [2.45, 2.75) is 38.6 Å². The molecule has 8 nitrogen and oxygen atoms in total. The number of nitro groups is 2. The molecule has 0 aliphatic heterocycles. The minimum absolute atomic E-state index is 0.0499. The first-order chi connectivity index (χ1) is 11.3. The van der Waals surface area contributed by atoms with E-state index in [1.165, 1.54) is 19.3 Å². The van der Waals surface area contributed by atoms with Gasteiger partial charge in [-0.15, -0.1) is 0 Å². The van der Waals surface area contributed by atoms with Gasteiger partial charge in [0.1, 0.15) is 0 Å². The van der Waals surface area contributed by atoms with Crippen LogP contribution in [-0.4, -0.2) is 21.8 Å². The number of carbonyl (C=O) groups excluding carboxylic acids is 1. The van der Waals surface area contributed by atoms with E-state index in [1.807, 2.05) is 6.92 Å². The monoisotopic (exact) mass is 333 g/mol. The smallest absolute Gasteiger partial charge is 0.277 e. The maximum absolute atomic E-state index is 12.4. The number of hydrogen-bond acceptors (Lipinski definition) is 5. The number of non-ortho nitro benzene ring substituents is 2. The number of nitrogens with zero attached hydrogens (tertiary/aromatic N) is 2. The van der Waals surface area contributed by atoms with Crippen molar-refractivity contribution in [3.8, 4) is 0 Å². The second kappa shape index (κ2) is 6.18. The molecule has 1 amide bonds. The van der Waals surface area contributed by atoms with Gasteiger partial charge in [-0.25, -0.2) is 0 Å². The molecule has 0 aromatic heterocycles. The van der Waals surface area contributed by atoms with Crippen molar-refractivity contribution in [1.82, 2.24) is 5.32 Å². The summed E-state index contributed by atoms with van der Waals surface area (Å²) >= 11 is 0. The quantitative estimate of drug-likeness (QED) is 0.656. The SMILES string of the molecule is C[C@@H](NC(=O)c1cc([N+](=O)[O-])cc([N+](=O)[O-])c1)[C@H]1C[C@@H]2CC[C@@H]1C2. The van der Waals surface area contributed by atoms with Gasteiger partial charge in [-0.3, -0.25) is 25.0 Å². The molecule has 2 aliphatic carbocycles. The highest BCUT2D eigenvalue weighted by atomic mass is 16.6. The van der Waals surface area contributed by atoms with Crippen LogP contribution >= 0.6 is 0 Å². The Kier molecular flexibility index (Phi) is 4.21. The summed E-state index contributed by atoms with van der Waals surface area (Å²) in [6, 6.07) is 2.97. The fourth-order valence-corrected chi connectivity index (χ4v) is 4.24. The Morgan fingerprint density at radius 3 is 2.21 bits per heavy atom.